The van der Waals surface area contributed by atoms with Gasteiger partial charge in [-0.2, -0.15) is 0 Å². The first kappa shape index (κ1) is 19.4. The molecule has 0 radical (unpaired) electrons. The van der Waals surface area contributed by atoms with Gasteiger partial charge in [-0.3, -0.25) is 24.6 Å². The summed E-state index contributed by atoms with van der Waals surface area (Å²) < 4.78 is 4.95. The Morgan fingerprint density at radius 1 is 1.25 bits per heavy atom. The van der Waals surface area contributed by atoms with E-state index in [2.05, 4.69) is 0 Å². The number of aryl methyl sites for hydroxylation is 1. The van der Waals surface area contributed by atoms with Crippen LogP contribution in [0, 0.1) is 17.0 Å². The lowest BCUT2D eigenvalue weighted by atomic mass is 10.1. The number of methoxy groups -OCH3 is 1. The third-order valence-corrected chi connectivity index (χ3v) is 5.03. The minimum atomic E-state index is -0.752. The molecule has 2 amide bonds. The van der Waals surface area contributed by atoms with E-state index in [0.29, 0.717) is 0 Å². The van der Waals surface area contributed by atoms with E-state index in [1.165, 1.54) is 19.3 Å². The first-order valence-electron chi connectivity index (χ1n) is 8.16. The van der Waals surface area contributed by atoms with Gasteiger partial charge in [0.2, 0.25) is 5.75 Å². The van der Waals surface area contributed by atoms with Gasteiger partial charge in [0.1, 0.15) is 0 Å². The van der Waals surface area contributed by atoms with Crippen molar-refractivity contribution in [3.8, 4) is 11.5 Å². The normalized spacial score (nSPS) is 15.4. The molecule has 0 saturated carbocycles. The molecule has 1 aliphatic heterocycles. The number of amides is 2. The summed E-state index contributed by atoms with van der Waals surface area (Å²) in [5, 5.41) is 20.5. The van der Waals surface area contributed by atoms with Crippen LogP contribution in [0.3, 0.4) is 0 Å². The number of ether oxygens (including phenoxy) is 1. The highest BCUT2D eigenvalue weighted by molar-refractivity contribution is 8.18. The molecule has 0 aromatic heterocycles. The molecule has 1 aliphatic rings. The average molecular weight is 400 g/mol. The average Bonchev–Trinajstić information content (AvgIpc) is 2.91. The lowest BCUT2D eigenvalue weighted by Gasteiger charge is -2.12. The molecule has 0 bridgehead atoms. The third-order valence-electron chi connectivity index (χ3n) is 4.13. The van der Waals surface area contributed by atoms with Crippen LogP contribution in [0.4, 0.5) is 10.5 Å². The van der Waals surface area contributed by atoms with Gasteiger partial charge in [-0.25, -0.2) is 0 Å². The number of hydrogen-bond acceptors (Lipinski definition) is 7. The van der Waals surface area contributed by atoms with Crippen LogP contribution in [0.15, 0.2) is 41.3 Å². The number of hydrogen-bond donors (Lipinski definition) is 1. The molecule has 0 unspecified atom stereocenters. The molecule has 1 saturated heterocycles. The number of carbonyl (C=O) groups is 2. The lowest BCUT2D eigenvalue weighted by molar-refractivity contribution is -0.386. The molecular formula is C19H16N2O6S. The summed E-state index contributed by atoms with van der Waals surface area (Å²) in [6, 6.07) is 9.95. The van der Waals surface area contributed by atoms with E-state index in [1.807, 2.05) is 31.2 Å². The summed E-state index contributed by atoms with van der Waals surface area (Å²) in [5.41, 5.74) is 1.60. The van der Waals surface area contributed by atoms with Crippen LogP contribution in [0.2, 0.25) is 0 Å². The number of aromatic hydroxyl groups is 1. The van der Waals surface area contributed by atoms with Crippen molar-refractivity contribution in [2.24, 2.45) is 0 Å². The molecule has 9 heteroatoms. The molecular weight excluding hydrogens is 384 g/mol. The molecule has 2 aromatic carbocycles. The van der Waals surface area contributed by atoms with Crippen molar-refractivity contribution in [1.29, 1.82) is 0 Å². The Morgan fingerprint density at radius 2 is 1.93 bits per heavy atom. The summed E-state index contributed by atoms with van der Waals surface area (Å²) in [5.74, 6) is -1.18. The van der Waals surface area contributed by atoms with Gasteiger partial charge in [0.25, 0.3) is 11.1 Å². The van der Waals surface area contributed by atoms with Crippen molar-refractivity contribution in [1.82, 2.24) is 4.90 Å². The van der Waals surface area contributed by atoms with Gasteiger partial charge in [0.05, 0.1) is 23.5 Å². The van der Waals surface area contributed by atoms with Gasteiger partial charge < -0.3 is 9.84 Å². The monoisotopic (exact) mass is 400 g/mol. The number of imide groups is 1. The molecule has 2 aromatic rings. The smallest absolute Gasteiger partial charge is 0.315 e. The van der Waals surface area contributed by atoms with E-state index in [0.717, 1.165) is 33.9 Å². The second-order valence-corrected chi connectivity index (χ2v) is 7.09. The van der Waals surface area contributed by atoms with Gasteiger partial charge in [0.15, 0.2) is 5.75 Å². The topological polar surface area (TPSA) is 110 Å². The summed E-state index contributed by atoms with van der Waals surface area (Å²) in [4.78, 5) is 36.5. The van der Waals surface area contributed by atoms with E-state index in [9.17, 15) is 24.8 Å². The molecule has 0 aliphatic carbocycles. The minimum absolute atomic E-state index is 0.0978. The van der Waals surface area contributed by atoms with Crippen LogP contribution in [0.25, 0.3) is 6.08 Å². The van der Waals surface area contributed by atoms with Crippen molar-refractivity contribution in [3.05, 3.63) is 68.1 Å². The fraction of sp³-hybridized carbons (Fsp3) is 0.158. The number of nitro benzene ring substituents is 1. The van der Waals surface area contributed by atoms with Crippen molar-refractivity contribution in [2.45, 2.75) is 13.5 Å². The van der Waals surface area contributed by atoms with E-state index < -0.39 is 27.5 Å². The van der Waals surface area contributed by atoms with Crippen LogP contribution in [0.1, 0.15) is 16.7 Å². The van der Waals surface area contributed by atoms with Crippen LogP contribution < -0.4 is 4.74 Å². The number of nitrogens with zero attached hydrogens (tertiary/aromatic N) is 2. The fourth-order valence-electron chi connectivity index (χ4n) is 2.66. The summed E-state index contributed by atoms with van der Waals surface area (Å²) in [6.07, 6.45) is 1.37. The Bertz CT molecular complexity index is 1000. The highest BCUT2D eigenvalue weighted by Gasteiger charge is 2.35. The van der Waals surface area contributed by atoms with Gasteiger partial charge in [-0.05, 0) is 42.0 Å². The largest absolute Gasteiger partial charge is 0.500 e. The Kier molecular flexibility index (Phi) is 5.36. The van der Waals surface area contributed by atoms with Crippen LogP contribution in [-0.2, 0) is 11.3 Å². The number of rotatable bonds is 5. The molecule has 0 atom stereocenters. The number of phenols is 1. The molecule has 3 rings (SSSR count). The number of thioether (sulfide) groups is 1. The molecule has 8 nitrogen and oxygen atoms in total. The van der Waals surface area contributed by atoms with Gasteiger partial charge in [-0.1, -0.05) is 29.8 Å². The fourth-order valence-corrected chi connectivity index (χ4v) is 3.49. The first-order valence-corrected chi connectivity index (χ1v) is 8.98. The van der Waals surface area contributed by atoms with Crippen molar-refractivity contribution < 1.29 is 24.4 Å². The summed E-state index contributed by atoms with van der Waals surface area (Å²) >= 11 is 0.756. The van der Waals surface area contributed by atoms with Gasteiger partial charge in [-0.15, -0.1) is 0 Å². The Hall–Kier alpha value is -3.33. The van der Waals surface area contributed by atoms with Crippen LogP contribution in [-0.4, -0.2) is 33.2 Å². The summed E-state index contributed by atoms with van der Waals surface area (Å²) in [7, 11) is 1.26. The van der Waals surface area contributed by atoms with E-state index >= 15 is 0 Å². The van der Waals surface area contributed by atoms with Crippen LogP contribution >= 0.6 is 11.8 Å². The zero-order chi connectivity index (χ0) is 20.4. The summed E-state index contributed by atoms with van der Waals surface area (Å²) in [6.45, 7) is 2.08. The molecule has 1 heterocycles. The maximum atomic E-state index is 12.6. The standard InChI is InChI=1S/C19H16N2O6S/c1-11-3-5-12(6-4-11)10-20-18(23)16(28-19(20)24)9-13-7-14(21(25)26)17(22)15(8-13)27-2/h3-9,22H,10H2,1-2H3/b16-9-. The molecule has 1 N–H and O–H groups in total. The molecule has 0 spiro atoms. The zero-order valence-corrected chi connectivity index (χ0v) is 15.9. The molecule has 1 fully saturated rings. The maximum absolute atomic E-state index is 12.6. The Balaban J connectivity index is 1.90. The van der Waals surface area contributed by atoms with Crippen molar-refractivity contribution >= 4 is 34.7 Å². The van der Waals surface area contributed by atoms with Gasteiger partial charge >= 0.3 is 5.69 Å². The van der Waals surface area contributed by atoms with Crippen molar-refractivity contribution in [3.63, 3.8) is 0 Å². The Morgan fingerprint density at radius 3 is 2.54 bits per heavy atom. The van der Waals surface area contributed by atoms with E-state index in [4.69, 9.17) is 4.74 Å². The number of benzene rings is 2. The predicted octanol–water partition coefficient (Wildman–Crippen LogP) is 3.85. The van der Waals surface area contributed by atoms with Crippen LogP contribution in [0.5, 0.6) is 11.5 Å². The number of phenolic OH excluding ortho intramolecular Hbond substituents is 1. The van der Waals surface area contributed by atoms with E-state index in [1.54, 1.807) is 0 Å². The quantitative estimate of drug-likeness (QED) is 0.461. The Labute approximate surface area is 164 Å². The lowest BCUT2D eigenvalue weighted by Crippen LogP contribution is -2.27. The highest BCUT2D eigenvalue weighted by Crippen LogP contribution is 2.39. The number of carbonyl (C=O) groups excluding carboxylic acids is 2. The number of nitro groups is 1. The third kappa shape index (κ3) is 3.84. The second kappa shape index (κ2) is 7.73. The molecule has 144 valence electrons. The first-order chi connectivity index (χ1) is 13.3. The van der Waals surface area contributed by atoms with Gasteiger partial charge in [0, 0.05) is 6.07 Å². The van der Waals surface area contributed by atoms with E-state index in [-0.39, 0.29) is 22.8 Å². The minimum Gasteiger partial charge on any atom is -0.500 e. The second-order valence-electron chi connectivity index (χ2n) is 6.10. The molecule has 28 heavy (non-hydrogen) atoms. The predicted molar refractivity (Wildman–Crippen MR) is 104 cm³/mol. The maximum Gasteiger partial charge on any atom is 0.315 e. The highest BCUT2D eigenvalue weighted by atomic mass is 32.2. The SMILES string of the molecule is COc1cc(/C=C2\SC(=O)N(Cc3ccc(C)cc3)C2=O)cc([N+](=O)[O-])c1O. The zero-order valence-electron chi connectivity index (χ0n) is 15.0. The van der Waals surface area contributed by atoms with Crippen molar-refractivity contribution in [2.75, 3.05) is 7.11 Å².